The van der Waals surface area contributed by atoms with Gasteiger partial charge in [-0.1, -0.05) is 30.3 Å². The molecule has 6 nitrogen and oxygen atoms in total. The van der Waals surface area contributed by atoms with Crippen LogP contribution in [0.3, 0.4) is 0 Å². The monoisotopic (exact) mass is 328 g/mol. The SMILES string of the molecule is O=C(NCCCc1ccccc1)NCCn1ncc2c1CCOC2. The van der Waals surface area contributed by atoms with E-state index in [1.165, 1.54) is 11.3 Å². The largest absolute Gasteiger partial charge is 0.376 e. The number of carbonyl (C=O) groups excluding carboxylic acids is 1. The number of nitrogens with zero attached hydrogens (tertiary/aromatic N) is 2. The highest BCUT2D eigenvalue weighted by molar-refractivity contribution is 5.73. The molecule has 1 aromatic heterocycles. The fraction of sp³-hybridized carbons (Fsp3) is 0.444. The summed E-state index contributed by atoms with van der Waals surface area (Å²) in [6.07, 6.45) is 4.66. The van der Waals surface area contributed by atoms with E-state index in [9.17, 15) is 4.79 Å². The highest BCUT2D eigenvalue weighted by atomic mass is 16.5. The Balaban J connectivity index is 1.31. The molecule has 2 aromatic rings. The zero-order valence-corrected chi connectivity index (χ0v) is 13.8. The third-order valence-corrected chi connectivity index (χ3v) is 4.16. The number of amides is 2. The van der Waals surface area contributed by atoms with Crippen LogP contribution in [0.4, 0.5) is 4.79 Å². The lowest BCUT2D eigenvalue weighted by molar-refractivity contribution is 0.109. The number of aromatic nitrogens is 2. The van der Waals surface area contributed by atoms with Gasteiger partial charge < -0.3 is 15.4 Å². The minimum atomic E-state index is -0.118. The second-order valence-corrected chi connectivity index (χ2v) is 5.91. The van der Waals surface area contributed by atoms with Gasteiger partial charge in [-0.3, -0.25) is 4.68 Å². The molecule has 1 aliphatic rings. The number of ether oxygens (including phenoxy) is 1. The normalized spacial score (nSPS) is 13.3. The van der Waals surface area contributed by atoms with E-state index in [4.69, 9.17) is 4.74 Å². The highest BCUT2D eigenvalue weighted by Gasteiger charge is 2.14. The van der Waals surface area contributed by atoms with Gasteiger partial charge in [0.15, 0.2) is 0 Å². The maximum absolute atomic E-state index is 11.8. The first-order valence-corrected chi connectivity index (χ1v) is 8.50. The molecule has 1 aliphatic heterocycles. The summed E-state index contributed by atoms with van der Waals surface area (Å²) in [5.41, 5.74) is 3.69. The molecule has 0 radical (unpaired) electrons. The van der Waals surface area contributed by atoms with Crippen LogP contribution in [0, 0.1) is 0 Å². The Kier molecular flexibility index (Phi) is 5.85. The average molecular weight is 328 g/mol. The molecular weight excluding hydrogens is 304 g/mol. The van der Waals surface area contributed by atoms with Crippen LogP contribution in [0.1, 0.15) is 23.2 Å². The van der Waals surface area contributed by atoms with Crippen molar-refractivity contribution in [2.45, 2.75) is 32.4 Å². The molecule has 2 amide bonds. The zero-order valence-electron chi connectivity index (χ0n) is 13.8. The van der Waals surface area contributed by atoms with Crippen LogP contribution in [-0.4, -0.2) is 35.5 Å². The van der Waals surface area contributed by atoms with Crippen molar-refractivity contribution >= 4 is 6.03 Å². The molecular formula is C18H24N4O2. The lowest BCUT2D eigenvalue weighted by Gasteiger charge is -2.15. The van der Waals surface area contributed by atoms with Crippen molar-refractivity contribution in [2.75, 3.05) is 19.7 Å². The van der Waals surface area contributed by atoms with Crippen molar-refractivity contribution in [1.29, 1.82) is 0 Å². The summed E-state index contributed by atoms with van der Waals surface area (Å²) >= 11 is 0. The number of hydrogen-bond acceptors (Lipinski definition) is 3. The van der Waals surface area contributed by atoms with Crippen LogP contribution in [0.25, 0.3) is 0 Å². The van der Waals surface area contributed by atoms with Crippen molar-refractivity contribution in [3.8, 4) is 0 Å². The average Bonchev–Trinajstić information content (AvgIpc) is 3.03. The standard InChI is InChI=1S/C18H24N4O2/c23-18(19-9-4-7-15-5-2-1-3-6-15)20-10-11-22-17-8-12-24-14-16(17)13-21-22/h1-3,5-6,13H,4,7-12,14H2,(H2,19,20,23). The Bertz CT molecular complexity index is 654. The van der Waals surface area contributed by atoms with Gasteiger partial charge >= 0.3 is 6.03 Å². The second kappa shape index (κ2) is 8.49. The third kappa shape index (κ3) is 4.58. The number of rotatable bonds is 7. The van der Waals surface area contributed by atoms with Gasteiger partial charge in [-0.25, -0.2) is 4.79 Å². The molecule has 3 rings (SSSR count). The molecule has 0 unspecified atom stereocenters. The number of hydrogen-bond donors (Lipinski definition) is 2. The van der Waals surface area contributed by atoms with E-state index >= 15 is 0 Å². The quantitative estimate of drug-likeness (QED) is 0.763. The minimum Gasteiger partial charge on any atom is -0.376 e. The number of benzene rings is 1. The predicted molar refractivity (Wildman–Crippen MR) is 91.8 cm³/mol. The van der Waals surface area contributed by atoms with Crippen LogP contribution in [0.2, 0.25) is 0 Å². The van der Waals surface area contributed by atoms with Gasteiger partial charge in [-0.2, -0.15) is 5.10 Å². The first-order chi connectivity index (χ1) is 11.8. The fourth-order valence-corrected chi connectivity index (χ4v) is 2.88. The lowest BCUT2D eigenvalue weighted by atomic mass is 10.1. The molecule has 0 saturated carbocycles. The lowest BCUT2D eigenvalue weighted by Crippen LogP contribution is -2.38. The van der Waals surface area contributed by atoms with E-state index in [2.05, 4.69) is 27.9 Å². The Hall–Kier alpha value is -2.34. The molecule has 0 spiro atoms. The molecule has 1 aromatic carbocycles. The molecule has 0 saturated heterocycles. The molecule has 128 valence electrons. The first kappa shape index (κ1) is 16.5. The first-order valence-electron chi connectivity index (χ1n) is 8.50. The molecule has 2 N–H and O–H groups in total. The van der Waals surface area contributed by atoms with Gasteiger partial charge in [0, 0.05) is 30.8 Å². The van der Waals surface area contributed by atoms with Gasteiger partial charge in [-0.05, 0) is 18.4 Å². The van der Waals surface area contributed by atoms with E-state index in [0.29, 0.717) is 26.2 Å². The summed E-state index contributed by atoms with van der Waals surface area (Å²) in [6, 6.07) is 10.2. The van der Waals surface area contributed by atoms with Crippen LogP contribution >= 0.6 is 0 Å². The van der Waals surface area contributed by atoms with Crippen LogP contribution in [-0.2, 0) is 30.7 Å². The molecule has 24 heavy (non-hydrogen) atoms. The number of nitrogens with one attached hydrogen (secondary N) is 2. The topological polar surface area (TPSA) is 68.2 Å². The molecule has 0 aliphatic carbocycles. The predicted octanol–water partition coefficient (Wildman–Crippen LogP) is 1.89. The molecule has 2 heterocycles. The summed E-state index contributed by atoms with van der Waals surface area (Å²) < 4.78 is 7.37. The number of urea groups is 1. The summed E-state index contributed by atoms with van der Waals surface area (Å²) in [4.78, 5) is 11.8. The number of carbonyl (C=O) groups is 1. The highest BCUT2D eigenvalue weighted by Crippen LogP contribution is 2.15. The van der Waals surface area contributed by atoms with Crippen molar-refractivity contribution < 1.29 is 9.53 Å². The summed E-state index contributed by atoms with van der Waals surface area (Å²) in [5.74, 6) is 0. The zero-order chi connectivity index (χ0) is 16.6. The fourth-order valence-electron chi connectivity index (χ4n) is 2.88. The molecule has 6 heteroatoms. The molecule has 0 atom stereocenters. The Morgan fingerprint density at radius 3 is 2.92 bits per heavy atom. The Morgan fingerprint density at radius 2 is 2.04 bits per heavy atom. The smallest absolute Gasteiger partial charge is 0.314 e. The van der Waals surface area contributed by atoms with Crippen molar-refractivity contribution in [3.63, 3.8) is 0 Å². The van der Waals surface area contributed by atoms with Gasteiger partial charge in [0.2, 0.25) is 0 Å². The number of aryl methyl sites for hydroxylation is 1. The summed E-state index contributed by atoms with van der Waals surface area (Å²) in [5, 5.41) is 10.1. The van der Waals surface area contributed by atoms with Gasteiger partial charge in [0.1, 0.15) is 0 Å². The maximum Gasteiger partial charge on any atom is 0.314 e. The van der Waals surface area contributed by atoms with Crippen LogP contribution in [0.5, 0.6) is 0 Å². The maximum atomic E-state index is 11.8. The van der Waals surface area contributed by atoms with Crippen LogP contribution < -0.4 is 10.6 Å². The number of fused-ring (bicyclic) bond motifs is 1. The van der Waals surface area contributed by atoms with Gasteiger partial charge in [0.25, 0.3) is 0 Å². The summed E-state index contributed by atoms with van der Waals surface area (Å²) in [7, 11) is 0. The second-order valence-electron chi connectivity index (χ2n) is 5.91. The minimum absolute atomic E-state index is 0.118. The van der Waals surface area contributed by atoms with Crippen molar-refractivity contribution in [2.24, 2.45) is 0 Å². The van der Waals surface area contributed by atoms with Gasteiger partial charge in [0.05, 0.1) is 26.0 Å². The van der Waals surface area contributed by atoms with E-state index in [1.807, 2.05) is 29.1 Å². The molecule has 0 bridgehead atoms. The Morgan fingerprint density at radius 1 is 1.21 bits per heavy atom. The van der Waals surface area contributed by atoms with E-state index in [1.54, 1.807) is 0 Å². The van der Waals surface area contributed by atoms with Gasteiger partial charge in [-0.15, -0.1) is 0 Å². The van der Waals surface area contributed by atoms with E-state index in [-0.39, 0.29) is 6.03 Å². The summed E-state index contributed by atoms with van der Waals surface area (Å²) in [6.45, 7) is 3.32. The van der Waals surface area contributed by atoms with Crippen LogP contribution in [0.15, 0.2) is 36.5 Å². The van der Waals surface area contributed by atoms with Crippen molar-refractivity contribution in [1.82, 2.24) is 20.4 Å². The third-order valence-electron chi connectivity index (χ3n) is 4.16. The van der Waals surface area contributed by atoms with Crippen molar-refractivity contribution in [3.05, 3.63) is 53.3 Å². The molecule has 0 fully saturated rings. The Labute approximate surface area is 142 Å². The van der Waals surface area contributed by atoms with E-state index < -0.39 is 0 Å². The van der Waals surface area contributed by atoms with E-state index in [0.717, 1.165) is 31.4 Å².